The quantitative estimate of drug-likeness (QED) is 0.833. The average Bonchev–Trinajstić information content (AvgIpc) is 2.40. The van der Waals surface area contributed by atoms with E-state index in [0.29, 0.717) is 0 Å². The third-order valence-electron chi connectivity index (χ3n) is 3.49. The molecule has 1 fully saturated rings. The maximum atomic E-state index is 5.26. The lowest BCUT2D eigenvalue weighted by Gasteiger charge is -2.31. The third kappa shape index (κ3) is 3.65. The van der Waals surface area contributed by atoms with E-state index in [9.17, 15) is 0 Å². The molecule has 1 saturated heterocycles. The predicted octanol–water partition coefficient (Wildman–Crippen LogP) is 3.79. The van der Waals surface area contributed by atoms with Crippen LogP contribution in [-0.4, -0.2) is 36.6 Å². The molecule has 0 amide bonds. The molecule has 100 valence electrons. The van der Waals surface area contributed by atoms with Crippen LogP contribution in [0.5, 0.6) is 5.75 Å². The Bertz CT molecular complexity index is 391. The van der Waals surface area contributed by atoms with Crippen LogP contribution in [0.1, 0.15) is 18.4 Å². The zero-order valence-electron chi connectivity index (χ0n) is 11.0. The van der Waals surface area contributed by atoms with Gasteiger partial charge in [-0.1, -0.05) is 6.07 Å². The highest BCUT2D eigenvalue weighted by atomic mass is 79.9. The van der Waals surface area contributed by atoms with Crippen molar-refractivity contribution >= 4 is 27.7 Å². The van der Waals surface area contributed by atoms with Crippen LogP contribution in [0.4, 0.5) is 0 Å². The van der Waals surface area contributed by atoms with Crippen LogP contribution in [0.2, 0.25) is 0 Å². The lowest BCUT2D eigenvalue weighted by molar-refractivity contribution is 0.225. The highest BCUT2D eigenvalue weighted by Gasteiger charge is 2.18. The predicted molar refractivity (Wildman–Crippen MR) is 82.5 cm³/mol. The standard InChI is InChI=1S/C14H20BrNOS/c1-17-14-4-3-11(9-13(14)15)10-16-7-5-12(18-2)6-8-16/h3-4,9,12H,5-8,10H2,1-2H3. The number of methoxy groups -OCH3 is 1. The van der Waals surface area contributed by atoms with Gasteiger partial charge in [-0.2, -0.15) is 11.8 Å². The van der Waals surface area contributed by atoms with Gasteiger partial charge in [-0.15, -0.1) is 0 Å². The highest BCUT2D eigenvalue weighted by molar-refractivity contribution is 9.10. The van der Waals surface area contributed by atoms with Crippen molar-refractivity contribution in [3.63, 3.8) is 0 Å². The van der Waals surface area contributed by atoms with E-state index in [1.54, 1.807) is 7.11 Å². The molecule has 18 heavy (non-hydrogen) atoms. The average molecular weight is 330 g/mol. The zero-order valence-corrected chi connectivity index (χ0v) is 13.4. The fourth-order valence-electron chi connectivity index (χ4n) is 2.37. The molecule has 0 atom stereocenters. The van der Waals surface area contributed by atoms with E-state index >= 15 is 0 Å². The Morgan fingerprint density at radius 2 is 2.11 bits per heavy atom. The van der Waals surface area contributed by atoms with Crippen LogP contribution >= 0.6 is 27.7 Å². The molecule has 0 aromatic heterocycles. The van der Waals surface area contributed by atoms with E-state index in [1.807, 2.05) is 17.8 Å². The van der Waals surface area contributed by atoms with Gasteiger partial charge in [-0.05, 0) is 65.8 Å². The number of nitrogens with zero attached hydrogens (tertiary/aromatic N) is 1. The van der Waals surface area contributed by atoms with Crippen molar-refractivity contribution in [1.82, 2.24) is 4.90 Å². The summed E-state index contributed by atoms with van der Waals surface area (Å²) < 4.78 is 6.30. The Labute approximate surface area is 122 Å². The molecule has 0 radical (unpaired) electrons. The summed E-state index contributed by atoms with van der Waals surface area (Å²) in [7, 11) is 1.70. The van der Waals surface area contributed by atoms with E-state index < -0.39 is 0 Å². The second-order valence-corrected chi connectivity index (χ2v) is 6.67. The topological polar surface area (TPSA) is 12.5 Å². The molecule has 1 aromatic rings. The molecule has 0 N–H and O–H groups in total. The van der Waals surface area contributed by atoms with Gasteiger partial charge < -0.3 is 4.74 Å². The summed E-state index contributed by atoms with van der Waals surface area (Å²) in [5.74, 6) is 0.903. The van der Waals surface area contributed by atoms with Crippen LogP contribution in [0.25, 0.3) is 0 Å². The normalized spacial score (nSPS) is 17.9. The highest BCUT2D eigenvalue weighted by Crippen LogP contribution is 2.27. The molecule has 0 spiro atoms. The van der Waals surface area contributed by atoms with Crippen molar-refractivity contribution in [2.45, 2.75) is 24.6 Å². The van der Waals surface area contributed by atoms with Crippen LogP contribution in [0.3, 0.4) is 0 Å². The summed E-state index contributed by atoms with van der Waals surface area (Å²) in [6, 6.07) is 6.36. The summed E-state index contributed by atoms with van der Waals surface area (Å²) in [6.45, 7) is 3.48. The number of likely N-dealkylation sites (tertiary alicyclic amines) is 1. The SMILES string of the molecule is COc1ccc(CN2CCC(SC)CC2)cc1Br. The molecular formula is C14H20BrNOS. The van der Waals surface area contributed by atoms with Gasteiger partial charge in [0.2, 0.25) is 0 Å². The molecule has 0 bridgehead atoms. The van der Waals surface area contributed by atoms with Crippen molar-refractivity contribution in [1.29, 1.82) is 0 Å². The Morgan fingerprint density at radius 1 is 1.39 bits per heavy atom. The second kappa shape index (κ2) is 6.83. The molecule has 1 aliphatic heterocycles. The van der Waals surface area contributed by atoms with Crippen molar-refractivity contribution in [2.75, 3.05) is 26.5 Å². The molecule has 1 heterocycles. The number of rotatable bonds is 4. The van der Waals surface area contributed by atoms with Crippen molar-refractivity contribution < 1.29 is 4.74 Å². The van der Waals surface area contributed by atoms with Crippen molar-refractivity contribution in [3.8, 4) is 5.75 Å². The number of benzene rings is 1. The second-order valence-electron chi connectivity index (χ2n) is 4.68. The first-order valence-corrected chi connectivity index (χ1v) is 8.38. The van der Waals surface area contributed by atoms with Gasteiger partial charge in [-0.25, -0.2) is 0 Å². The van der Waals surface area contributed by atoms with Gasteiger partial charge >= 0.3 is 0 Å². The smallest absolute Gasteiger partial charge is 0.133 e. The van der Waals surface area contributed by atoms with E-state index in [1.165, 1.54) is 31.5 Å². The number of thioether (sulfide) groups is 1. The van der Waals surface area contributed by atoms with Gasteiger partial charge in [-0.3, -0.25) is 4.90 Å². The van der Waals surface area contributed by atoms with Crippen molar-refractivity contribution in [2.24, 2.45) is 0 Å². The van der Waals surface area contributed by atoms with Crippen LogP contribution in [0.15, 0.2) is 22.7 Å². The molecular weight excluding hydrogens is 310 g/mol. The first-order valence-electron chi connectivity index (χ1n) is 6.30. The maximum absolute atomic E-state index is 5.26. The summed E-state index contributed by atoms with van der Waals surface area (Å²) in [4.78, 5) is 2.54. The number of piperidine rings is 1. The minimum atomic E-state index is 0.865. The molecule has 0 saturated carbocycles. The Hall–Kier alpha value is -0.190. The van der Waals surface area contributed by atoms with Gasteiger partial charge in [0, 0.05) is 11.8 Å². The van der Waals surface area contributed by atoms with E-state index in [0.717, 1.165) is 22.0 Å². The minimum Gasteiger partial charge on any atom is -0.496 e. The first kappa shape index (κ1) is 14.2. The lowest BCUT2D eigenvalue weighted by Crippen LogP contribution is -2.34. The molecule has 1 aromatic carbocycles. The minimum absolute atomic E-state index is 0.865. The summed E-state index contributed by atoms with van der Waals surface area (Å²) in [6.07, 6.45) is 4.86. The fraction of sp³-hybridized carbons (Fsp3) is 0.571. The largest absolute Gasteiger partial charge is 0.496 e. The Morgan fingerprint density at radius 3 is 2.67 bits per heavy atom. The number of hydrogen-bond donors (Lipinski definition) is 0. The van der Waals surface area contributed by atoms with Crippen molar-refractivity contribution in [3.05, 3.63) is 28.2 Å². The summed E-state index contributed by atoms with van der Waals surface area (Å²) in [5, 5.41) is 0.865. The summed E-state index contributed by atoms with van der Waals surface area (Å²) in [5.41, 5.74) is 1.35. The molecule has 0 aliphatic carbocycles. The van der Waals surface area contributed by atoms with Crippen LogP contribution in [0, 0.1) is 0 Å². The Balaban J connectivity index is 1.92. The monoisotopic (exact) mass is 329 g/mol. The van der Waals surface area contributed by atoms with E-state index in [-0.39, 0.29) is 0 Å². The van der Waals surface area contributed by atoms with E-state index in [2.05, 4.69) is 39.2 Å². The molecule has 2 nitrogen and oxygen atoms in total. The zero-order chi connectivity index (χ0) is 13.0. The molecule has 0 unspecified atom stereocenters. The number of hydrogen-bond acceptors (Lipinski definition) is 3. The summed E-state index contributed by atoms with van der Waals surface area (Å²) >= 11 is 5.56. The fourth-order valence-corrected chi connectivity index (χ4v) is 3.64. The molecule has 4 heteroatoms. The van der Waals surface area contributed by atoms with Crippen LogP contribution in [-0.2, 0) is 6.54 Å². The third-order valence-corrected chi connectivity index (χ3v) is 5.25. The molecule has 1 aliphatic rings. The number of halogens is 1. The van der Waals surface area contributed by atoms with Gasteiger partial charge in [0.05, 0.1) is 11.6 Å². The lowest BCUT2D eigenvalue weighted by atomic mass is 10.1. The van der Waals surface area contributed by atoms with Crippen LogP contribution < -0.4 is 4.74 Å². The first-order chi connectivity index (χ1) is 8.72. The maximum Gasteiger partial charge on any atom is 0.133 e. The molecule has 2 rings (SSSR count). The Kier molecular flexibility index (Phi) is 5.39. The van der Waals surface area contributed by atoms with Gasteiger partial charge in [0.25, 0.3) is 0 Å². The van der Waals surface area contributed by atoms with Gasteiger partial charge in [0.15, 0.2) is 0 Å². The van der Waals surface area contributed by atoms with E-state index in [4.69, 9.17) is 4.74 Å². The van der Waals surface area contributed by atoms with Gasteiger partial charge in [0.1, 0.15) is 5.75 Å². The number of ether oxygens (including phenoxy) is 1.